The first kappa shape index (κ1) is 21.2. The van der Waals surface area contributed by atoms with Crippen LogP contribution in [-0.4, -0.2) is 55.6 Å². The smallest absolute Gasteiger partial charge is 0.286 e. The number of benzene rings is 1. The number of halogens is 1. The van der Waals surface area contributed by atoms with Gasteiger partial charge in [-0.2, -0.15) is 0 Å². The minimum absolute atomic E-state index is 0. The Bertz CT molecular complexity index is 686. The number of nitrogens with zero attached hydrogens (tertiary/aromatic N) is 2. The summed E-state index contributed by atoms with van der Waals surface area (Å²) in [4.78, 5) is 25.8. The second kappa shape index (κ2) is 9.23. The van der Waals surface area contributed by atoms with Crippen LogP contribution in [0.3, 0.4) is 0 Å². The van der Waals surface area contributed by atoms with E-state index in [1.807, 2.05) is 6.92 Å². The summed E-state index contributed by atoms with van der Waals surface area (Å²) in [5.41, 5.74) is -0.189. The lowest BCUT2D eigenvalue weighted by Crippen LogP contribution is -2.33. The van der Waals surface area contributed by atoms with Gasteiger partial charge in [-0.1, -0.05) is 0 Å². The van der Waals surface area contributed by atoms with E-state index in [9.17, 15) is 14.9 Å². The highest BCUT2D eigenvalue weighted by atomic mass is 35.5. The third kappa shape index (κ3) is 4.44. The Balaban J connectivity index is 0.00000261. The zero-order valence-electron chi connectivity index (χ0n) is 15.6. The Kier molecular flexibility index (Phi) is 7.26. The molecule has 2 aliphatic rings. The van der Waals surface area contributed by atoms with E-state index in [1.165, 1.54) is 19.2 Å². The molecule has 0 spiro atoms. The quantitative estimate of drug-likeness (QED) is 0.604. The normalized spacial score (nSPS) is 21.6. The van der Waals surface area contributed by atoms with Crippen LogP contribution in [0.1, 0.15) is 30.1 Å². The molecule has 150 valence electrons. The Morgan fingerprint density at radius 1 is 1.26 bits per heavy atom. The molecular weight excluding hydrogens is 374 g/mol. The van der Waals surface area contributed by atoms with E-state index in [0.717, 1.165) is 25.9 Å². The molecular formula is C18H26ClN3O5. The lowest BCUT2D eigenvalue weighted by atomic mass is 9.92. The SMILES string of the molecule is CCOc1cc(C(=O)N2CC[C@@H]3CNC[C@@H]3CC2)c([N+](=O)[O-])cc1OC.Cl. The van der Waals surface area contributed by atoms with Gasteiger partial charge in [0.2, 0.25) is 0 Å². The summed E-state index contributed by atoms with van der Waals surface area (Å²) in [6.07, 6.45) is 1.84. The van der Waals surface area contributed by atoms with Crippen molar-refractivity contribution in [3.8, 4) is 11.5 Å². The van der Waals surface area contributed by atoms with Gasteiger partial charge in [0.05, 0.1) is 24.7 Å². The van der Waals surface area contributed by atoms with Crippen molar-refractivity contribution in [2.75, 3.05) is 39.9 Å². The monoisotopic (exact) mass is 399 g/mol. The van der Waals surface area contributed by atoms with Gasteiger partial charge in [-0.05, 0) is 44.7 Å². The summed E-state index contributed by atoms with van der Waals surface area (Å²) in [5, 5.41) is 14.9. The first-order chi connectivity index (χ1) is 12.5. The van der Waals surface area contributed by atoms with Gasteiger partial charge in [0.15, 0.2) is 11.5 Å². The molecule has 9 heteroatoms. The first-order valence-corrected chi connectivity index (χ1v) is 9.04. The van der Waals surface area contributed by atoms with Crippen molar-refractivity contribution in [2.24, 2.45) is 11.8 Å². The van der Waals surface area contributed by atoms with Gasteiger partial charge in [0.1, 0.15) is 5.56 Å². The van der Waals surface area contributed by atoms with Crippen LogP contribution in [-0.2, 0) is 0 Å². The Hall–Kier alpha value is -2.06. The number of nitro benzene ring substituents is 1. The maximum absolute atomic E-state index is 13.1. The van der Waals surface area contributed by atoms with Gasteiger partial charge in [-0.3, -0.25) is 14.9 Å². The molecule has 2 atom stereocenters. The number of hydrogen-bond donors (Lipinski definition) is 1. The highest BCUT2D eigenvalue weighted by Crippen LogP contribution is 2.36. The zero-order valence-corrected chi connectivity index (χ0v) is 16.4. The molecule has 2 heterocycles. The zero-order chi connectivity index (χ0) is 18.7. The van der Waals surface area contributed by atoms with Gasteiger partial charge in [-0.25, -0.2) is 0 Å². The number of likely N-dealkylation sites (tertiary alicyclic amines) is 1. The molecule has 0 bridgehead atoms. The molecule has 0 aliphatic carbocycles. The lowest BCUT2D eigenvalue weighted by molar-refractivity contribution is -0.385. The van der Waals surface area contributed by atoms with Crippen molar-refractivity contribution in [3.63, 3.8) is 0 Å². The van der Waals surface area contributed by atoms with E-state index in [-0.39, 0.29) is 35.3 Å². The average Bonchev–Trinajstić information content (AvgIpc) is 2.99. The van der Waals surface area contributed by atoms with Crippen LogP contribution >= 0.6 is 12.4 Å². The van der Waals surface area contributed by atoms with Crippen molar-refractivity contribution in [1.82, 2.24) is 10.2 Å². The standard InChI is InChI=1S/C18H25N3O5.ClH/c1-3-26-17-8-14(15(21(23)24)9-16(17)25-2)18(22)20-6-4-12-10-19-11-13(12)5-7-20;/h8-9,12-13,19H,3-7,10-11H2,1-2H3;1H/t12-,13+;. The number of ether oxygens (including phenoxy) is 2. The molecule has 0 unspecified atom stereocenters. The number of methoxy groups -OCH3 is 1. The van der Waals surface area contributed by atoms with Crippen LogP contribution in [0.25, 0.3) is 0 Å². The molecule has 2 saturated heterocycles. The summed E-state index contributed by atoms with van der Waals surface area (Å²) >= 11 is 0. The molecule has 2 fully saturated rings. The summed E-state index contributed by atoms with van der Waals surface area (Å²) in [7, 11) is 1.42. The van der Waals surface area contributed by atoms with Crippen LogP contribution < -0.4 is 14.8 Å². The van der Waals surface area contributed by atoms with E-state index >= 15 is 0 Å². The fourth-order valence-electron chi connectivity index (χ4n) is 3.89. The van der Waals surface area contributed by atoms with Crippen molar-refractivity contribution in [2.45, 2.75) is 19.8 Å². The average molecular weight is 400 g/mol. The number of hydrogen-bond acceptors (Lipinski definition) is 6. The third-order valence-electron chi connectivity index (χ3n) is 5.32. The van der Waals surface area contributed by atoms with Gasteiger partial charge in [0.25, 0.3) is 11.6 Å². The van der Waals surface area contributed by atoms with Crippen molar-refractivity contribution in [3.05, 3.63) is 27.8 Å². The van der Waals surface area contributed by atoms with Gasteiger partial charge < -0.3 is 19.7 Å². The third-order valence-corrected chi connectivity index (χ3v) is 5.32. The van der Waals surface area contributed by atoms with Gasteiger partial charge in [-0.15, -0.1) is 12.4 Å². The maximum Gasteiger partial charge on any atom is 0.286 e. The second-order valence-corrected chi connectivity index (χ2v) is 6.76. The Morgan fingerprint density at radius 2 is 1.89 bits per heavy atom. The van der Waals surface area contributed by atoms with Crippen LogP contribution in [0.15, 0.2) is 12.1 Å². The molecule has 8 nitrogen and oxygen atoms in total. The lowest BCUT2D eigenvalue weighted by Gasteiger charge is -2.21. The number of nitro groups is 1. The van der Waals surface area contributed by atoms with E-state index in [4.69, 9.17) is 9.47 Å². The van der Waals surface area contributed by atoms with Crippen molar-refractivity contribution < 1.29 is 19.2 Å². The van der Waals surface area contributed by atoms with E-state index in [0.29, 0.717) is 37.3 Å². The number of amides is 1. The summed E-state index contributed by atoms with van der Waals surface area (Å²) in [5.74, 6) is 1.45. The van der Waals surface area contributed by atoms with Crippen LogP contribution in [0, 0.1) is 22.0 Å². The van der Waals surface area contributed by atoms with E-state index in [1.54, 1.807) is 4.90 Å². The highest BCUT2D eigenvalue weighted by Gasteiger charge is 2.34. The van der Waals surface area contributed by atoms with Crippen LogP contribution in [0.5, 0.6) is 11.5 Å². The van der Waals surface area contributed by atoms with Crippen molar-refractivity contribution in [1.29, 1.82) is 0 Å². The minimum Gasteiger partial charge on any atom is -0.493 e. The maximum atomic E-state index is 13.1. The largest absolute Gasteiger partial charge is 0.493 e. The number of nitrogens with one attached hydrogen (secondary N) is 1. The number of carbonyl (C=O) groups excluding carboxylic acids is 1. The second-order valence-electron chi connectivity index (χ2n) is 6.76. The molecule has 0 aromatic heterocycles. The predicted molar refractivity (Wildman–Crippen MR) is 103 cm³/mol. The Labute approximate surface area is 164 Å². The molecule has 1 amide bonds. The minimum atomic E-state index is -0.540. The molecule has 1 aromatic carbocycles. The van der Waals surface area contributed by atoms with E-state index < -0.39 is 4.92 Å². The van der Waals surface area contributed by atoms with Gasteiger partial charge in [0, 0.05) is 19.2 Å². The van der Waals surface area contributed by atoms with Crippen LogP contribution in [0.4, 0.5) is 5.69 Å². The molecule has 2 aliphatic heterocycles. The number of carbonyl (C=O) groups is 1. The molecule has 1 aromatic rings. The number of rotatable bonds is 5. The van der Waals surface area contributed by atoms with Gasteiger partial charge >= 0.3 is 0 Å². The number of fused-ring (bicyclic) bond motifs is 1. The topological polar surface area (TPSA) is 93.9 Å². The fourth-order valence-corrected chi connectivity index (χ4v) is 3.89. The Morgan fingerprint density at radius 3 is 2.41 bits per heavy atom. The van der Waals surface area contributed by atoms with E-state index in [2.05, 4.69) is 5.32 Å². The van der Waals surface area contributed by atoms with Crippen molar-refractivity contribution >= 4 is 24.0 Å². The molecule has 1 N–H and O–H groups in total. The molecule has 27 heavy (non-hydrogen) atoms. The van der Waals surface area contributed by atoms with Crippen LogP contribution in [0.2, 0.25) is 0 Å². The summed E-state index contributed by atoms with van der Waals surface area (Å²) in [6, 6.07) is 2.71. The summed E-state index contributed by atoms with van der Waals surface area (Å²) < 4.78 is 10.7. The fraction of sp³-hybridized carbons (Fsp3) is 0.611. The summed E-state index contributed by atoms with van der Waals surface area (Å²) in [6.45, 7) is 5.41. The molecule has 3 rings (SSSR count). The molecule has 0 radical (unpaired) electrons. The highest BCUT2D eigenvalue weighted by molar-refractivity contribution is 5.99. The predicted octanol–water partition coefficient (Wildman–Crippen LogP) is 2.50. The first-order valence-electron chi connectivity index (χ1n) is 9.04. The molecule has 0 saturated carbocycles.